The number of urea groups is 1. The molecule has 5 rings (SSSR count). The van der Waals surface area contributed by atoms with Gasteiger partial charge >= 0.3 is 6.03 Å². The van der Waals surface area contributed by atoms with Crippen molar-refractivity contribution in [2.75, 3.05) is 5.01 Å². The van der Waals surface area contributed by atoms with Crippen LogP contribution in [0.25, 0.3) is 11.1 Å². The first-order chi connectivity index (χ1) is 16.4. The average Bonchev–Trinajstić information content (AvgIpc) is 2.82. The first-order valence-corrected chi connectivity index (χ1v) is 11.4. The van der Waals surface area contributed by atoms with E-state index in [0.717, 1.165) is 29.8 Å². The monoisotopic (exact) mass is 495 g/mol. The molecule has 2 aromatic carbocycles. The summed E-state index contributed by atoms with van der Waals surface area (Å²) in [6.45, 7) is 3.63. The Morgan fingerprint density at radius 3 is 2.47 bits per heavy atom. The summed E-state index contributed by atoms with van der Waals surface area (Å²) in [6.07, 6.45) is 5.79. The third kappa shape index (κ3) is 4.30. The molecule has 0 saturated carbocycles. The number of hydrazone groups is 1. The van der Waals surface area contributed by atoms with Crippen LogP contribution in [0.2, 0.25) is 10.0 Å². The Bertz CT molecular complexity index is 1390. The van der Waals surface area contributed by atoms with Crippen LogP contribution >= 0.6 is 23.2 Å². The van der Waals surface area contributed by atoms with E-state index in [1.165, 1.54) is 35.9 Å². The molecule has 0 spiro atoms. The first-order valence-electron chi connectivity index (χ1n) is 10.6. The Morgan fingerprint density at radius 2 is 1.74 bits per heavy atom. The van der Waals surface area contributed by atoms with E-state index in [1.54, 1.807) is 6.07 Å². The molecule has 34 heavy (non-hydrogen) atoms. The third-order valence-corrected chi connectivity index (χ3v) is 6.22. The average molecular weight is 496 g/mol. The molecular formula is C24H19Cl2N5O3. The molecule has 1 aliphatic carbocycles. The van der Waals surface area contributed by atoms with Crippen molar-refractivity contribution in [1.29, 1.82) is 0 Å². The van der Waals surface area contributed by atoms with Gasteiger partial charge in [-0.1, -0.05) is 48.0 Å². The quantitative estimate of drug-likeness (QED) is 0.502. The summed E-state index contributed by atoms with van der Waals surface area (Å²) >= 11 is 12.8. The van der Waals surface area contributed by atoms with E-state index in [4.69, 9.17) is 27.9 Å². The number of allylic oxidation sites excluding steroid dienone is 1. The molecule has 0 saturated heterocycles. The molecule has 0 radical (unpaired) electrons. The maximum Gasteiger partial charge on any atom is 0.347 e. The molecule has 0 unspecified atom stereocenters. The van der Waals surface area contributed by atoms with E-state index in [2.05, 4.69) is 39.3 Å². The summed E-state index contributed by atoms with van der Waals surface area (Å²) in [6, 6.07) is 10.1. The van der Waals surface area contributed by atoms with Gasteiger partial charge in [0.05, 0.1) is 33.2 Å². The highest BCUT2D eigenvalue weighted by atomic mass is 35.5. The van der Waals surface area contributed by atoms with Gasteiger partial charge in [0.25, 0.3) is 5.56 Å². The number of nitrogens with one attached hydrogen (secondary N) is 2. The number of benzene rings is 2. The molecule has 2 aliphatic rings. The smallest absolute Gasteiger partial charge is 0.347 e. The van der Waals surface area contributed by atoms with Gasteiger partial charge in [-0.2, -0.15) is 10.1 Å². The van der Waals surface area contributed by atoms with Crippen molar-refractivity contribution in [3.63, 3.8) is 0 Å². The Morgan fingerprint density at radius 1 is 1.00 bits per heavy atom. The Hall–Kier alpha value is -3.62. The lowest BCUT2D eigenvalue weighted by molar-refractivity contribution is 0.248. The number of aromatic amines is 1. The van der Waals surface area contributed by atoms with E-state index < -0.39 is 6.03 Å². The van der Waals surface area contributed by atoms with E-state index in [9.17, 15) is 9.59 Å². The normalized spacial score (nSPS) is 15.2. The van der Waals surface area contributed by atoms with Gasteiger partial charge in [-0.3, -0.25) is 4.79 Å². The lowest BCUT2D eigenvalue weighted by Gasteiger charge is -2.22. The van der Waals surface area contributed by atoms with Crippen molar-refractivity contribution >= 4 is 41.1 Å². The molecule has 8 nitrogen and oxygen atoms in total. The van der Waals surface area contributed by atoms with Gasteiger partial charge in [-0.15, -0.1) is 5.10 Å². The van der Waals surface area contributed by atoms with Gasteiger partial charge in [0.15, 0.2) is 5.75 Å². The molecular weight excluding hydrogens is 477 g/mol. The highest BCUT2D eigenvalue weighted by Gasteiger charge is 2.22. The molecule has 0 fully saturated rings. The molecule has 1 aromatic heterocycles. The van der Waals surface area contributed by atoms with E-state index in [-0.39, 0.29) is 27.2 Å². The molecule has 172 valence electrons. The van der Waals surface area contributed by atoms with Crippen LogP contribution in [0, 0.1) is 0 Å². The predicted octanol–water partition coefficient (Wildman–Crippen LogP) is 5.44. The number of amides is 2. The lowest BCUT2D eigenvalue weighted by Crippen LogP contribution is -2.40. The number of aromatic nitrogens is 2. The summed E-state index contributed by atoms with van der Waals surface area (Å²) in [5, 5.41) is 14.4. The van der Waals surface area contributed by atoms with E-state index in [0.29, 0.717) is 16.9 Å². The Balaban J connectivity index is 1.45. The van der Waals surface area contributed by atoms with Crippen LogP contribution in [0.1, 0.15) is 24.0 Å². The number of halogens is 2. The number of aryl methyl sites for hydroxylation is 2. The number of hydrogen-bond donors (Lipinski definition) is 2. The number of rotatable bonds is 4. The number of H-pyrrole nitrogens is 1. The second-order valence-electron chi connectivity index (χ2n) is 7.99. The number of carbonyl (C=O) groups excluding carboxylic acids is 1. The zero-order chi connectivity index (χ0) is 23.8. The molecule has 0 bridgehead atoms. The zero-order valence-corrected chi connectivity index (χ0v) is 19.4. The van der Waals surface area contributed by atoms with Gasteiger partial charge in [-0.05, 0) is 54.5 Å². The molecule has 10 heteroatoms. The summed E-state index contributed by atoms with van der Waals surface area (Å²) in [5.41, 5.74) is 4.19. The van der Waals surface area contributed by atoms with Crippen molar-refractivity contribution in [2.24, 2.45) is 5.10 Å². The Kier molecular flexibility index (Phi) is 5.85. The maximum absolute atomic E-state index is 12.5. The van der Waals surface area contributed by atoms with Crippen molar-refractivity contribution < 1.29 is 9.53 Å². The van der Waals surface area contributed by atoms with Gasteiger partial charge in [-0.25, -0.2) is 9.89 Å². The minimum Gasteiger partial charge on any atom is -0.434 e. The number of nitrogens with zero attached hydrogens (tertiary/aromatic N) is 3. The minimum atomic E-state index is -0.495. The first kappa shape index (κ1) is 22.2. The summed E-state index contributed by atoms with van der Waals surface area (Å²) < 4.78 is 5.84. The zero-order valence-electron chi connectivity index (χ0n) is 17.9. The molecule has 2 heterocycles. The maximum atomic E-state index is 12.5. The number of ether oxygens (including phenoxy) is 1. The van der Waals surface area contributed by atoms with Crippen molar-refractivity contribution in [3.8, 4) is 22.8 Å². The fourth-order valence-corrected chi connectivity index (χ4v) is 4.57. The molecule has 2 amide bonds. The standard InChI is InChI=1S/C24H19Cl2N5O3/c1-13-12-27-31(24(33)28-13)17-9-19(25)22(20(26)10-17)34-21-11-18(23(32)30-29-21)16-7-6-14-4-2-3-5-15(14)8-16/h6-12H,1-5H2,(H,28,33)(H,30,32). The number of fused-ring (bicyclic) bond motifs is 1. The van der Waals surface area contributed by atoms with Crippen molar-refractivity contribution in [1.82, 2.24) is 15.5 Å². The minimum absolute atomic E-state index is 0.119. The fourth-order valence-electron chi connectivity index (χ4n) is 4.01. The summed E-state index contributed by atoms with van der Waals surface area (Å²) in [4.78, 5) is 24.7. The number of carbonyl (C=O) groups is 1. The second-order valence-corrected chi connectivity index (χ2v) is 8.81. The van der Waals surface area contributed by atoms with Crippen LogP contribution in [-0.2, 0) is 12.8 Å². The van der Waals surface area contributed by atoms with E-state index in [1.807, 2.05) is 6.07 Å². The predicted molar refractivity (Wildman–Crippen MR) is 132 cm³/mol. The summed E-state index contributed by atoms with van der Waals surface area (Å²) in [7, 11) is 0. The van der Waals surface area contributed by atoms with Gasteiger partial charge in [0.1, 0.15) is 0 Å². The van der Waals surface area contributed by atoms with Crippen LogP contribution in [-0.4, -0.2) is 22.4 Å². The Labute approximate surface area is 204 Å². The van der Waals surface area contributed by atoms with Gasteiger partial charge in [0, 0.05) is 6.07 Å². The van der Waals surface area contributed by atoms with Crippen molar-refractivity contribution in [3.05, 3.63) is 80.2 Å². The molecule has 2 N–H and O–H groups in total. The lowest BCUT2D eigenvalue weighted by atomic mass is 9.89. The molecule has 1 aliphatic heterocycles. The highest BCUT2D eigenvalue weighted by molar-refractivity contribution is 6.37. The largest absolute Gasteiger partial charge is 0.434 e. The SMILES string of the molecule is C=C1C=NN(c2cc(Cl)c(Oc3cc(-c4ccc5c(c4)CCCC5)c(=O)[nH]n3)c(Cl)c2)C(=O)N1. The summed E-state index contributed by atoms with van der Waals surface area (Å²) in [5.74, 6) is 0.253. The number of anilines is 1. The molecule has 3 aromatic rings. The topological polar surface area (TPSA) is 99.7 Å². The van der Waals surface area contributed by atoms with Gasteiger partial charge in [0.2, 0.25) is 5.88 Å². The number of hydrogen-bond acceptors (Lipinski definition) is 5. The van der Waals surface area contributed by atoms with Crippen molar-refractivity contribution in [2.45, 2.75) is 25.7 Å². The van der Waals surface area contributed by atoms with Crippen LogP contribution in [0.5, 0.6) is 11.6 Å². The van der Waals surface area contributed by atoms with Gasteiger partial charge < -0.3 is 10.1 Å². The van der Waals surface area contributed by atoms with Crippen LogP contribution in [0.15, 0.2) is 58.6 Å². The van der Waals surface area contributed by atoms with E-state index >= 15 is 0 Å². The second kappa shape index (κ2) is 8.96. The third-order valence-electron chi connectivity index (χ3n) is 5.66. The van der Waals surface area contributed by atoms with Crippen LogP contribution < -0.4 is 20.6 Å². The van der Waals surface area contributed by atoms with Crippen LogP contribution in [0.4, 0.5) is 10.5 Å². The molecule has 0 atom stereocenters. The highest BCUT2D eigenvalue weighted by Crippen LogP contribution is 2.40. The van der Waals surface area contributed by atoms with Crippen LogP contribution in [0.3, 0.4) is 0 Å². The fraction of sp³-hybridized carbons (Fsp3) is 0.167.